The smallest absolute Gasteiger partial charge is 0.165 e. The van der Waals surface area contributed by atoms with Crippen LogP contribution in [0.15, 0.2) is 36.7 Å². The van der Waals surface area contributed by atoms with Gasteiger partial charge in [0.25, 0.3) is 0 Å². The maximum absolute atomic E-state index is 14.6. The topological polar surface area (TPSA) is 89.2 Å². The molecular formula is C26H35FN6O. The number of fused-ring (bicyclic) bond motifs is 1. The average molecular weight is 467 g/mol. The van der Waals surface area contributed by atoms with Gasteiger partial charge >= 0.3 is 0 Å². The van der Waals surface area contributed by atoms with Crippen molar-refractivity contribution in [2.24, 2.45) is 11.7 Å². The van der Waals surface area contributed by atoms with Gasteiger partial charge < -0.3 is 20.7 Å². The van der Waals surface area contributed by atoms with Gasteiger partial charge in [-0.2, -0.15) is 0 Å². The van der Waals surface area contributed by atoms with Crippen molar-refractivity contribution in [3.05, 3.63) is 48.2 Å². The fourth-order valence-electron chi connectivity index (χ4n) is 4.71. The Morgan fingerprint density at radius 2 is 1.97 bits per heavy atom. The summed E-state index contributed by atoms with van der Waals surface area (Å²) in [6.07, 6.45) is 7.47. The van der Waals surface area contributed by atoms with Gasteiger partial charge in [0.05, 0.1) is 24.0 Å². The molecule has 8 heteroatoms. The zero-order valence-electron chi connectivity index (χ0n) is 20.3. The highest BCUT2D eigenvalue weighted by Crippen LogP contribution is 2.35. The summed E-state index contributed by atoms with van der Waals surface area (Å²) in [5, 5.41) is 4.08. The van der Waals surface area contributed by atoms with E-state index in [1.165, 1.54) is 6.20 Å². The van der Waals surface area contributed by atoms with E-state index in [-0.39, 0.29) is 0 Å². The van der Waals surface area contributed by atoms with Crippen LogP contribution in [0.5, 0.6) is 0 Å². The first kappa shape index (κ1) is 24.3. The molecule has 3 aromatic rings. The molecule has 34 heavy (non-hydrogen) atoms. The Kier molecular flexibility index (Phi) is 7.90. The van der Waals surface area contributed by atoms with Crippen LogP contribution in [-0.2, 0) is 4.74 Å². The molecule has 1 atom stereocenters. The van der Waals surface area contributed by atoms with E-state index in [0.717, 1.165) is 48.8 Å². The normalized spacial score (nSPS) is 19.2. The van der Waals surface area contributed by atoms with Crippen LogP contribution < -0.4 is 16.0 Å². The number of anilines is 3. The number of pyridine rings is 3. The molecule has 1 aliphatic rings. The molecule has 1 aliphatic carbocycles. The maximum Gasteiger partial charge on any atom is 0.165 e. The Morgan fingerprint density at radius 3 is 2.71 bits per heavy atom. The molecular weight excluding hydrogens is 431 g/mol. The zero-order chi connectivity index (χ0) is 24.1. The number of aromatic nitrogens is 3. The fraction of sp³-hybridized carbons (Fsp3) is 0.500. The lowest BCUT2D eigenvalue weighted by molar-refractivity contribution is 0.205. The summed E-state index contributed by atoms with van der Waals surface area (Å²) >= 11 is 0. The van der Waals surface area contributed by atoms with Crippen molar-refractivity contribution in [3.63, 3.8) is 0 Å². The molecule has 3 aromatic heterocycles. The number of methoxy groups -OCH3 is 1. The molecule has 0 radical (unpaired) electrons. The first-order valence-electron chi connectivity index (χ1n) is 12.2. The van der Waals surface area contributed by atoms with Crippen LogP contribution in [0.3, 0.4) is 0 Å². The van der Waals surface area contributed by atoms with E-state index >= 15 is 0 Å². The van der Waals surface area contributed by atoms with Crippen LogP contribution >= 0.6 is 0 Å². The zero-order valence-corrected chi connectivity index (χ0v) is 20.3. The Hall–Kier alpha value is -2.84. The van der Waals surface area contributed by atoms with Crippen LogP contribution in [0.25, 0.3) is 10.9 Å². The van der Waals surface area contributed by atoms with Crippen molar-refractivity contribution in [2.75, 3.05) is 37.0 Å². The number of ether oxygens (including phenoxy) is 1. The molecule has 0 amide bonds. The minimum absolute atomic E-state index is 0.329. The van der Waals surface area contributed by atoms with E-state index in [4.69, 9.17) is 15.5 Å². The van der Waals surface area contributed by atoms with Gasteiger partial charge in [-0.3, -0.25) is 4.98 Å². The molecule has 182 valence electrons. The lowest BCUT2D eigenvalue weighted by atomic mass is 9.78. The highest BCUT2D eigenvalue weighted by Gasteiger charge is 2.25. The number of hydrogen-bond acceptors (Lipinski definition) is 7. The van der Waals surface area contributed by atoms with Crippen molar-refractivity contribution in [1.29, 1.82) is 0 Å². The monoisotopic (exact) mass is 466 g/mol. The van der Waals surface area contributed by atoms with E-state index in [0.29, 0.717) is 48.4 Å². The van der Waals surface area contributed by atoms with E-state index < -0.39 is 5.82 Å². The van der Waals surface area contributed by atoms with Crippen LogP contribution in [-0.4, -0.2) is 47.8 Å². The molecule has 3 heterocycles. The van der Waals surface area contributed by atoms with Crippen molar-refractivity contribution < 1.29 is 9.13 Å². The molecule has 3 N–H and O–H groups in total. The molecule has 0 bridgehead atoms. The van der Waals surface area contributed by atoms with Gasteiger partial charge in [0.2, 0.25) is 0 Å². The Bertz CT molecular complexity index is 1100. The van der Waals surface area contributed by atoms with Crippen LogP contribution in [0.4, 0.5) is 21.7 Å². The van der Waals surface area contributed by atoms with E-state index in [1.54, 1.807) is 19.4 Å². The van der Waals surface area contributed by atoms with Crippen LogP contribution in [0.2, 0.25) is 0 Å². The highest BCUT2D eigenvalue weighted by atomic mass is 19.1. The Morgan fingerprint density at radius 1 is 1.18 bits per heavy atom. The SMILES string of the molecule is CCN(CCOC)c1cc(Nc2cc3nc(C(C)C4CCC(N)CC4)ccc3cn2)c(F)cn1. The number of likely N-dealkylation sites (N-methyl/N-ethyl adjacent to an activating group) is 1. The number of nitrogens with two attached hydrogens (primary N) is 1. The highest BCUT2D eigenvalue weighted by molar-refractivity contribution is 5.81. The van der Waals surface area contributed by atoms with Gasteiger partial charge in [-0.05, 0) is 50.7 Å². The van der Waals surface area contributed by atoms with E-state index in [2.05, 4.69) is 34.3 Å². The standard InChI is InChI=1S/C26H35FN6O/c1-4-33(11-12-34-3)26-14-24(21(27)16-30-26)32-25-13-23-19(15-29-25)7-10-22(31-23)17(2)18-5-8-20(28)9-6-18/h7,10,13-18,20H,4-6,8-9,11-12,28H2,1-3H3,(H,29,30,32). The van der Waals surface area contributed by atoms with Crippen molar-refractivity contribution in [2.45, 2.75) is 51.5 Å². The number of halogens is 1. The lowest BCUT2D eigenvalue weighted by Crippen LogP contribution is -2.28. The van der Waals surface area contributed by atoms with Gasteiger partial charge in [0.1, 0.15) is 11.6 Å². The average Bonchev–Trinajstić information content (AvgIpc) is 2.86. The van der Waals surface area contributed by atoms with Gasteiger partial charge in [-0.15, -0.1) is 0 Å². The first-order valence-corrected chi connectivity index (χ1v) is 12.2. The summed E-state index contributed by atoms with van der Waals surface area (Å²) in [4.78, 5) is 15.7. The molecule has 0 spiro atoms. The second kappa shape index (κ2) is 11.1. The molecule has 7 nitrogen and oxygen atoms in total. The Labute approximate surface area is 200 Å². The number of rotatable bonds is 9. The molecule has 1 saturated carbocycles. The summed E-state index contributed by atoms with van der Waals surface area (Å²) in [5.41, 5.74) is 8.35. The summed E-state index contributed by atoms with van der Waals surface area (Å²) in [5.74, 6) is 1.77. The molecule has 1 fully saturated rings. The molecule has 0 saturated heterocycles. The molecule has 0 aromatic carbocycles. The lowest BCUT2D eigenvalue weighted by Gasteiger charge is -2.30. The third-order valence-electron chi connectivity index (χ3n) is 6.96. The Balaban J connectivity index is 1.55. The number of hydrogen-bond donors (Lipinski definition) is 2. The summed E-state index contributed by atoms with van der Waals surface area (Å²) in [6, 6.07) is 8.10. The second-order valence-corrected chi connectivity index (χ2v) is 9.18. The third kappa shape index (κ3) is 5.62. The number of nitrogens with zero attached hydrogens (tertiary/aromatic N) is 4. The number of nitrogens with one attached hydrogen (secondary N) is 1. The summed E-state index contributed by atoms with van der Waals surface area (Å²) in [7, 11) is 1.66. The quantitative estimate of drug-likeness (QED) is 0.459. The third-order valence-corrected chi connectivity index (χ3v) is 6.96. The predicted octanol–water partition coefficient (Wildman–Crippen LogP) is 5.00. The largest absolute Gasteiger partial charge is 0.383 e. The van der Waals surface area contributed by atoms with Crippen molar-refractivity contribution in [3.8, 4) is 0 Å². The van der Waals surface area contributed by atoms with Gasteiger partial charge in [0.15, 0.2) is 5.82 Å². The first-order chi connectivity index (χ1) is 16.5. The summed E-state index contributed by atoms with van der Waals surface area (Å²) in [6.45, 7) is 6.28. The second-order valence-electron chi connectivity index (χ2n) is 9.18. The van der Waals surface area contributed by atoms with Gasteiger partial charge in [0, 0.05) is 61.6 Å². The van der Waals surface area contributed by atoms with Crippen molar-refractivity contribution >= 4 is 28.2 Å². The molecule has 0 aliphatic heterocycles. The van der Waals surface area contributed by atoms with Gasteiger partial charge in [-0.1, -0.05) is 6.92 Å². The molecule has 4 rings (SSSR count). The summed E-state index contributed by atoms with van der Waals surface area (Å²) < 4.78 is 19.7. The predicted molar refractivity (Wildman–Crippen MR) is 135 cm³/mol. The van der Waals surface area contributed by atoms with Crippen LogP contribution in [0.1, 0.15) is 51.1 Å². The fourth-order valence-corrected chi connectivity index (χ4v) is 4.71. The van der Waals surface area contributed by atoms with Crippen molar-refractivity contribution in [1.82, 2.24) is 15.0 Å². The van der Waals surface area contributed by atoms with E-state index in [9.17, 15) is 4.39 Å². The van der Waals surface area contributed by atoms with Gasteiger partial charge in [-0.25, -0.2) is 14.4 Å². The minimum atomic E-state index is -0.431. The van der Waals surface area contributed by atoms with Crippen LogP contribution in [0, 0.1) is 11.7 Å². The molecule has 1 unspecified atom stereocenters. The minimum Gasteiger partial charge on any atom is -0.383 e. The van der Waals surface area contributed by atoms with E-state index in [1.807, 2.05) is 17.9 Å². The maximum atomic E-state index is 14.6.